The average molecular weight is 365 g/mol. The van der Waals surface area contributed by atoms with Gasteiger partial charge < -0.3 is 10.2 Å². The van der Waals surface area contributed by atoms with Crippen LogP contribution in [0.1, 0.15) is 52.9 Å². The first-order valence-electron chi connectivity index (χ1n) is 9.91. The first kappa shape index (κ1) is 18.0. The minimum absolute atomic E-state index is 0.0154. The monoisotopic (exact) mass is 365 g/mol. The lowest BCUT2D eigenvalue weighted by atomic mass is 9.98. The van der Waals surface area contributed by atoms with E-state index in [0.717, 1.165) is 60.0 Å². The number of pyridine rings is 1. The van der Waals surface area contributed by atoms with Crippen molar-refractivity contribution in [2.75, 3.05) is 13.1 Å². The number of benzene rings is 1. The van der Waals surface area contributed by atoms with Crippen molar-refractivity contribution < 1.29 is 9.59 Å². The van der Waals surface area contributed by atoms with Gasteiger partial charge in [0.1, 0.15) is 0 Å². The van der Waals surface area contributed by atoms with E-state index in [9.17, 15) is 9.59 Å². The van der Waals surface area contributed by atoms with Crippen molar-refractivity contribution in [2.24, 2.45) is 5.92 Å². The molecule has 1 aliphatic carbocycles. The van der Waals surface area contributed by atoms with Crippen LogP contribution < -0.4 is 5.32 Å². The van der Waals surface area contributed by atoms with Gasteiger partial charge in [0.2, 0.25) is 5.91 Å². The van der Waals surface area contributed by atoms with Crippen LogP contribution in [0.25, 0.3) is 10.9 Å². The highest BCUT2D eigenvalue weighted by molar-refractivity contribution is 6.07. The number of piperidine rings is 1. The molecule has 1 saturated carbocycles. The Hall–Kier alpha value is -2.43. The van der Waals surface area contributed by atoms with Gasteiger partial charge in [0.15, 0.2) is 0 Å². The normalized spacial score (nSPS) is 20.0. The third-order valence-electron chi connectivity index (χ3n) is 5.85. The van der Waals surface area contributed by atoms with Gasteiger partial charge in [0, 0.05) is 36.1 Å². The summed E-state index contributed by atoms with van der Waals surface area (Å²) in [6.07, 6.45) is 3.90. The summed E-state index contributed by atoms with van der Waals surface area (Å²) >= 11 is 0. The van der Waals surface area contributed by atoms with Crippen LogP contribution in [-0.4, -0.2) is 40.8 Å². The zero-order valence-electron chi connectivity index (χ0n) is 16.3. The second-order valence-electron chi connectivity index (χ2n) is 8.09. The van der Waals surface area contributed by atoms with Crippen LogP contribution in [0.15, 0.2) is 18.2 Å². The molecule has 0 bridgehead atoms. The minimum Gasteiger partial charge on any atom is -0.347 e. The highest BCUT2D eigenvalue weighted by Crippen LogP contribution is 2.32. The number of nitrogens with zero attached hydrogens (tertiary/aromatic N) is 2. The van der Waals surface area contributed by atoms with Gasteiger partial charge in [-0.2, -0.15) is 0 Å². The molecule has 2 heterocycles. The van der Waals surface area contributed by atoms with E-state index >= 15 is 0 Å². The highest BCUT2D eigenvalue weighted by Gasteiger charge is 2.35. The summed E-state index contributed by atoms with van der Waals surface area (Å²) in [4.78, 5) is 32.1. The number of hydrogen-bond acceptors (Lipinski definition) is 3. The molecule has 142 valence electrons. The molecular formula is C22H27N3O2. The zero-order chi connectivity index (χ0) is 19.1. The first-order chi connectivity index (χ1) is 12.9. The molecule has 1 atom stereocenters. The quantitative estimate of drug-likeness (QED) is 0.908. The third-order valence-corrected chi connectivity index (χ3v) is 5.85. The van der Waals surface area contributed by atoms with Crippen LogP contribution in [0.3, 0.4) is 0 Å². The van der Waals surface area contributed by atoms with Crippen molar-refractivity contribution in [3.8, 4) is 0 Å². The highest BCUT2D eigenvalue weighted by atomic mass is 16.2. The molecule has 1 unspecified atom stereocenters. The van der Waals surface area contributed by atoms with E-state index in [4.69, 9.17) is 0 Å². The Bertz CT molecular complexity index is 917. The molecule has 1 aliphatic heterocycles. The van der Waals surface area contributed by atoms with E-state index in [2.05, 4.69) is 10.3 Å². The molecule has 0 spiro atoms. The number of aromatic nitrogens is 1. The van der Waals surface area contributed by atoms with Gasteiger partial charge in [-0.3, -0.25) is 14.6 Å². The lowest BCUT2D eigenvalue weighted by molar-refractivity contribution is -0.133. The van der Waals surface area contributed by atoms with E-state index in [1.54, 1.807) is 0 Å². The molecule has 5 heteroatoms. The van der Waals surface area contributed by atoms with Gasteiger partial charge in [-0.1, -0.05) is 11.6 Å². The molecule has 4 rings (SSSR count). The maximum absolute atomic E-state index is 13.2. The number of amides is 2. The molecule has 2 amide bonds. The lowest BCUT2D eigenvalue weighted by Gasteiger charge is -2.33. The van der Waals surface area contributed by atoms with Crippen molar-refractivity contribution in [3.63, 3.8) is 0 Å². The number of hydrogen-bond donors (Lipinski definition) is 1. The van der Waals surface area contributed by atoms with Gasteiger partial charge in [0.25, 0.3) is 5.91 Å². The summed E-state index contributed by atoms with van der Waals surface area (Å²) in [5.41, 5.74) is 4.48. The average Bonchev–Trinajstić information content (AvgIpc) is 3.48. The Kier molecular flexibility index (Phi) is 4.62. The Labute approximate surface area is 160 Å². The molecule has 2 fully saturated rings. The van der Waals surface area contributed by atoms with Crippen LogP contribution in [0, 0.1) is 26.7 Å². The maximum atomic E-state index is 13.2. The van der Waals surface area contributed by atoms with Gasteiger partial charge >= 0.3 is 0 Å². The molecule has 2 aliphatic rings. The molecule has 0 radical (unpaired) electrons. The van der Waals surface area contributed by atoms with Crippen molar-refractivity contribution in [3.05, 3.63) is 40.6 Å². The number of aryl methyl sites for hydroxylation is 2. The summed E-state index contributed by atoms with van der Waals surface area (Å²) in [6.45, 7) is 7.38. The van der Waals surface area contributed by atoms with Crippen molar-refractivity contribution in [1.82, 2.24) is 15.2 Å². The predicted octanol–water partition coefficient (Wildman–Crippen LogP) is 3.29. The van der Waals surface area contributed by atoms with E-state index < -0.39 is 0 Å². The fourth-order valence-corrected chi connectivity index (χ4v) is 4.03. The van der Waals surface area contributed by atoms with Crippen LogP contribution in [0.2, 0.25) is 0 Å². The zero-order valence-corrected chi connectivity index (χ0v) is 16.3. The second kappa shape index (κ2) is 6.95. The number of carbonyl (C=O) groups excluding carboxylic acids is 2. The number of carbonyl (C=O) groups is 2. The fourth-order valence-electron chi connectivity index (χ4n) is 4.03. The molecule has 1 aromatic heterocycles. The number of likely N-dealkylation sites (tertiary alicyclic amines) is 1. The fraction of sp³-hybridized carbons (Fsp3) is 0.500. The van der Waals surface area contributed by atoms with E-state index in [0.29, 0.717) is 12.1 Å². The first-order valence-corrected chi connectivity index (χ1v) is 9.91. The van der Waals surface area contributed by atoms with Crippen molar-refractivity contribution in [2.45, 2.75) is 52.5 Å². The van der Waals surface area contributed by atoms with E-state index in [1.807, 2.05) is 43.9 Å². The van der Waals surface area contributed by atoms with Crippen LogP contribution in [-0.2, 0) is 4.79 Å². The number of nitrogens with one attached hydrogen (secondary N) is 1. The van der Waals surface area contributed by atoms with Crippen molar-refractivity contribution >= 4 is 22.7 Å². The summed E-state index contributed by atoms with van der Waals surface area (Å²) in [5, 5.41) is 4.10. The predicted molar refractivity (Wildman–Crippen MR) is 106 cm³/mol. The Morgan fingerprint density at radius 2 is 1.93 bits per heavy atom. The summed E-state index contributed by atoms with van der Waals surface area (Å²) in [6, 6.07) is 6.05. The Balaban J connectivity index is 1.58. The third kappa shape index (κ3) is 3.55. The summed E-state index contributed by atoms with van der Waals surface area (Å²) in [5.74, 6) is 0.446. The summed E-state index contributed by atoms with van der Waals surface area (Å²) in [7, 11) is 0. The molecule has 1 saturated heterocycles. The number of fused-ring (bicyclic) bond motifs is 1. The van der Waals surface area contributed by atoms with E-state index in [-0.39, 0.29) is 23.8 Å². The van der Waals surface area contributed by atoms with E-state index in [1.165, 1.54) is 0 Å². The van der Waals surface area contributed by atoms with Gasteiger partial charge in [-0.05, 0) is 64.2 Å². The van der Waals surface area contributed by atoms with Crippen LogP contribution in [0.4, 0.5) is 0 Å². The van der Waals surface area contributed by atoms with Crippen LogP contribution in [0.5, 0.6) is 0 Å². The lowest BCUT2D eigenvalue weighted by Crippen LogP contribution is -2.50. The summed E-state index contributed by atoms with van der Waals surface area (Å²) < 4.78 is 0. The van der Waals surface area contributed by atoms with Gasteiger partial charge in [-0.15, -0.1) is 0 Å². The largest absolute Gasteiger partial charge is 0.347 e. The second-order valence-corrected chi connectivity index (χ2v) is 8.09. The standard InChI is InChI=1S/C22H27N3O2/c1-13-6-9-19-18(11-13)20(14(2)15(3)23-19)21(26)24-17-5-4-10-25(12-17)22(27)16-7-8-16/h6,9,11,16-17H,4-5,7-8,10,12H2,1-3H3,(H,24,26). The SMILES string of the molecule is Cc1ccc2nc(C)c(C)c(C(=O)NC3CCCN(C(=O)C4CC4)C3)c2c1. The molecule has 2 aromatic rings. The van der Waals surface area contributed by atoms with Gasteiger partial charge in [0.05, 0.1) is 11.1 Å². The maximum Gasteiger partial charge on any atom is 0.252 e. The van der Waals surface area contributed by atoms with Gasteiger partial charge in [-0.25, -0.2) is 0 Å². The topological polar surface area (TPSA) is 62.3 Å². The molecule has 27 heavy (non-hydrogen) atoms. The number of rotatable bonds is 3. The van der Waals surface area contributed by atoms with Crippen molar-refractivity contribution in [1.29, 1.82) is 0 Å². The molecule has 1 aromatic carbocycles. The molecule has 1 N–H and O–H groups in total. The minimum atomic E-state index is -0.0562. The van der Waals surface area contributed by atoms with Crippen LogP contribution >= 0.6 is 0 Å². The Morgan fingerprint density at radius 3 is 2.67 bits per heavy atom. The smallest absolute Gasteiger partial charge is 0.252 e. The molecule has 5 nitrogen and oxygen atoms in total. The Morgan fingerprint density at radius 1 is 1.15 bits per heavy atom. The molecular weight excluding hydrogens is 338 g/mol.